The van der Waals surface area contributed by atoms with Crippen molar-refractivity contribution in [1.29, 1.82) is 0 Å². The average molecular weight is 317 g/mol. The van der Waals surface area contributed by atoms with Gasteiger partial charge in [-0.1, -0.05) is 0 Å². The summed E-state index contributed by atoms with van der Waals surface area (Å²) in [6.07, 6.45) is 1.43. The van der Waals surface area contributed by atoms with E-state index in [2.05, 4.69) is 4.74 Å². The number of carbonyl (C=O) groups excluding carboxylic acids is 1. The minimum absolute atomic E-state index is 0.215. The number of aryl methyl sites for hydroxylation is 1. The van der Waals surface area contributed by atoms with Crippen LogP contribution in [0.25, 0.3) is 5.69 Å². The lowest BCUT2D eigenvalue weighted by Gasteiger charge is -2.13. The van der Waals surface area contributed by atoms with Crippen molar-refractivity contribution in [2.45, 2.75) is 6.92 Å². The van der Waals surface area contributed by atoms with Gasteiger partial charge in [0.25, 0.3) is 5.56 Å². The smallest absolute Gasteiger partial charge is 0.341 e. The van der Waals surface area contributed by atoms with Gasteiger partial charge >= 0.3 is 11.9 Å². The number of aromatic carboxylic acids is 1. The SMILES string of the molecule is COC(=O)c1ccc(OC)c(-n2ccc(C)c(C(=O)O)c2=O)c1. The zero-order valence-corrected chi connectivity index (χ0v) is 12.8. The van der Waals surface area contributed by atoms with E-state index < -0.39 is 17.5 Å². The second-order valence-corrected chi connectivity index (χ2v) is 4.73. The molecule has 0 saturated heterocycles. The monoisotopic (exact) mass is 317 g/mol. The van der Waals surface area contributed by atoms with Gasteiger partial charge < -0.3 is 14.6 Å². The number of carboxylic acids is 1. The Labute approximate surface area is 131 Å². The Morgan fingerprint density at radius 1 is 1.17 bits per heavy atom. The lowest BCUT2D eigenvalue weighted by molar-refractivity contribution is 0.0599. The molecule has 0 bridgehead atoms. The second-order valence-electron chi connectivity index (χ2n) is 4.73. The third-order valence-corrected chi connectivity index (χ3v) is 3.37. The maximum absolute atomic E-state index is 12.5. The fourth-order valence-corrected chi connectivity index (χ4v) is 2.20. The molecule has 23 heavy (non-hydrogen) atoms. The predicted octanol–water partition coefficient (Wildman–Crippen LogP) is 1.64. The van der Waals surface area contributed by atoms with E-state index in [1.54, 1.807) is 0 Å². The Morgan fingerprint density at radius 3 is 2.43 bits per heavy atom. The van der Waals surface area contributed by atoms with Crippen LogP contribution in [0.4, 0.5) is 0 Å². The van der Waals surface area contributed by atoms with Crippen LogP contribution in [-0.2, 0) is 4.74 Å². The molecule has 0 aliphatic carbocycles. The molecular weight excluding hydrogens is 302 g/mol. The molecule has 0 aliphatic rings. The first-order valence-corrected chi connectivity index (χ1v) is 6.63. The molecule has 7 heteroatoms. The molecule has 7 nitrogen and oxygen atoms in total. The molecule has 1 heterocycles. The van der Waals surface area contributed by atoms with Crippen molar-refractivity contribution in [3.63, 3.8) is 0 Å². The van der Waals surface area contributed by atoms with Gasteiger partial charge in [-0.05, 0) is 36.8 Å². The summed E-state index contributed by atoms with van der Waals surface area (Å²) in [5.41, 5.74) is -0.228. The number of rotatable bonds is 4. The molecule has 120 valence electrons. The zero-order valence-electron chi connectivity index (χ0n) is 12.8. The fourth-order valence-electron chi connectivity index (χ4n) is 2.20. The highest BCUT2D eigenvalue weighted by molar-refractivity contribution is 5.91. The van der Waals surface area contributed by atoms with E-state index in [4.69, 9.17) is 4.74 Å². The van der Waals surface area contributed by atoms with Crippen LogP contribution in [0.15, 0.2) is 35.3 Å². The van der Waals surface area contributed by atoms with Gasteiger partial charge in [0.2, 0.25) is 0 Å². The molecule has 2 rings (SSSR count). The van der Waals surface area contributed by atoms with Crippen molar-refractivity contribution in [2.75, 3.05) is 14.2 Å². The second kappa shape index (κ2) is 6.35. The largest absolute Gasteiger partial charge is 0.495 e. The zero-order chi connectivity index (χ0) is 17.1. The summed E-state index contributed by atoms with van der Waals surface area (Å²) >= 11 is 0. The van der Waals surface area contributed by atoms with Crippen molar-refractivity contribution >= 4 is 11.9 Å². The number of esters is 1. The number of hydrogen-bond acceptors (Lipinski definition) is 5. The highest BCUT2D eigenvalue weighted by Gasteiger charge is 2.18. The third-order valence-electron chi connectivity index (χ3n) is 3.37. The van der Waals surface area contributed by atoms with Gasteiger partial charge in [0.1, 0.15) is 11.3 Å². The molecular formula is C16H15NO6. The minimum atomic E-state index is -1.31. The Morgan fingerprint density at radius 2 is 1.87 bits per heavy atom. The molecule has 0 amide bonds. The van der Waals surface area contributed by atoms with Crippen molar-refractivity contribution in [2.24, 2.45) is 0 Å². The van der Waals surface area contributed by atoms with E-state index in [1.165, 1.54) is 51.6 Å². The van der Waals surface area contributed by atoms with E-state index in [-0.39, 0.29) is 16.8 Å². The van der Waals surface area contributed by atoms with Crippen LogP contribution in [0.3, 0.4) is 0 Å². The number of carbonyl (C=O) groups is 2. The van der Waals surface area contributed by atoms with Gasteiger partial charge in [-0.2, -0.15) is 0 Å². The molecule has 0 unspecified atom stereocenters. The van der Waals surface area contributed by atoms with Gasteiger partial charge in [-0.15, -0.1) is 0 Å². The van der Waals surface area contributed by atoms with E-state index in [0.717, 1.165) is 4.57 Å². The van der Waals surface area contributed by atoms with Crippen molar-refractivity contribution in [1.82, 2.24) is 4.57 Å². The molecule has 2 aromatic rings. The first kappa shape index (κ1) is 16.3. The maximum atomic E-state index is 12.5. The normalized spacial score (nSPS) is 10.2. The molecule has 0 atom stereocenters. The van der Waals surface area contributed by atoms with Crippen LogP contribution in [0.2, 0.25) is 0 Å². The predicted molar refractivity (Wildman–Crippen MR) is 81.6 cm³/mol. The van der Waals surface area contributed by atoms with Crippen molar-refractivity contribution in [3.05, 3.63) is 57.5 Å². The lowest BCUT2D eigenvalue weighted by atomic mass is 10.1. The van der Waals surface area contributed by atoms with Crippen LogP contribution in [-0.4, -0.2) is 35.8 Å². The van der Waals surface area contributed by atoms with Crippen LogP contribution in [0.1, 0.15) is 26.3 Å². The van der Waals surface area contributed by atoms with Crippen LogP contribution in [0.5, 0.6) is 5.75 Å². The van der Waals surface area contributed by atoms with Gasteiger partial charge in [0.15, 0.2) is 0 Å². The summed E-state index contributed by atoms with van der Waals surface area (Å²) in [6, 6.07) is 5.92. The van der Waals surface area contributed by atoms with Gasteiger partial charge in [0.05, 0.1) is 25.5 Å². The van der Waals surface area contributed by atoms with Crippen molar-refractivity contribution < 1.29 is 24.2 Å². The standard InChI is InChI=1S/C16H15NO6/c1-9-6-7-17(14(18)13(9)15(19)20)11-8-10(16(21)23-3)4-5-12(11)22-2/h4-8H,1-3H3,(H,19,20). The summed E-state index contributed by atoms with van der Waals surface area (Å²) in [5, 5.41) is 9.21. The summed E-state index contributed by atoms with van der Waals surface area (Å²) in [6.45, 7) is 1.54. The van der Waals surface area contributed by atoms with Gasteiger partial charge in [-0.3, -0.25) is 9.36 Å². The number of benzene rings is 1. The van der Waals surface area contributed by atoms with E-state index >= 15 is 0 Å². The molecule has 1 aromatic carbocycles. The first-order valence-electron chi connectivity index (χ1n) is 6.63. The number of nitrogens with zero attached hydrogens (tertiary/aromatic N) is 1. The van der Waals surface area contributed by atoms with E-state index in [0.29, 0.717) is 11.3 Å². The number of ether oxygens (including phenoxy) is 2. The van der Waals surface area contributed by atoms with Gasteiger partial charge in [0, 0.05) is 6.20 Å². The Bertz CT molecular complexity index is 837. The summed E-state index contributed by atoms with van der Waals surface area (Å²) in [7, 11) is 2.65. The summed E-state index contributed by atoms with van der Waals surface area (Å²) in [4.78, 5) is 35.4. The molecule has 1 N–H and O–H groups in total. The van der Waals surface area contributed by atoms with E-state index in [9.17, 15) is 19.5 Å². The van der Waals surface area contributed by atoms with Gasteiger partial charge in [-0.25, -0.2) is 9.59 Å². The minimum Gasteiger partial charge on any atom is -0.495 e. The topological polar surface area (TPSA) is 94.8 Å². The Hall–Kier alpha value is -3.09. The van der Waals surface area contributed by atoms with Crippen LogP contribution < -0.4 is 10.3 Å². The number of pyridine rings is 1. The Kier molecular flexibility index (Phi) is 4.49. The maximum Gasteiger partial charge on any atom is 0.341 e. The number of carboxylic acid groups (broad SMARTS) is 1. The fraction of sp³-hybridized carbons (Fsp3) is 0.188. The highest BCUT2D eigenvalue weighted by Crippen LogP contribution is 2.24. The molecule has 1 aromatic heterocycles. The molecule has 0 spiro atoms. The number of aromatic nitrogens is 1. The number of methoxy groups -OCH3 is 2. The molecule has 0 radical (unpaired) electrons. The quantitative estimate of drug-likeness (QED) is 0.861. The summed E-state index contributed by atoms with van der Waals surface area (Å²) in [5.74, 6) is -1.57. The average Bonchev–Trinajstić information content (AvgIpc) is 2.53. The molecule has 0 fully saturated rings. The third kappa shape index (κ3) is 2.94. The van der Waals surface area contributed by atoms with Crippen LogP contribution >= 0.6 is 0 Å². The lowest BCUT2D eigenvalue weighted by Crippen LogP contribution is -2.26. The molecule has 0 aliphatic heterocycles. The van der Waals surface area contributed by atoms with Crippen LogP contribution in [0, 0.1) is 6.92 Å². The summed E-state index contributed by atoms with van der Waals surface area (Å²) < 4.78 is 11.0. The first-order chi connectivity index (χ1) is 10.9. The molecule has 0 saturated carbocycles. The van der Waals surface area contributed by atoms with Crippen molar-refractivity contribution in [3.8, 4) is 11.4 Å². The van der Waals surface area contributed by atoms with E-state index in [1.807, 2.05) is 0 Å². The Balaban J connectivity index is 2.75. The number of hydrogen-bond donors (Lipinski definition) is 1. The highest BCUT2D eigenvalue weighted by atomic mass is 16.5.